The summed E-state index contributed by atoms with van der Waals surface area (Å²) in [5, 5.41) is 14.6. The van der Waals surface area contributed by atoms with Crippen LogP contribution in [0.15, 0.2) is 128 Å². The summed E-state index contributed by atoms with van der Waals surface area (Å²) in [5.74, 6) is 0. The Morgan fingerprint density at radius 2 is 1.88 bits per heavy atom. The first-order valence-electron chi connectivity index (χ1n) is 13.3. The van der Waals surface area contributed by atoms with Crippen LogP contribution >= 0.6 is 0 Å². The fraction of sp³-hybridized carbons (Fsp3) is 0.0833. The van der Waals surface area contributed by atoms with Gasteiger partial charge < -0.3 is 21.0 Å². The minimum atomic E-state index is 0.649. The Kier molecular flexibility index (Phi) is 8.82. The molecule has 4 heteroatoms. The molecule has 1 aromatic heterocycles. The highest BCUT2D eigenvalue weighted by atomic mass is 15.0. The number of hydrogen-bond acceptors (Lipinski definition) is 3. The largest absolute Gasteiger partial charge is 0.404 e. The molecule has 0 bridgehead atoms. The van der Waals surface area contributed by atoms with Crippen LogP contribution in [-0.2, 0) is 0 Å². The Labute approximate surface area is 237 Å². The lowest BCUT2D eigenvalue weighted by Crippen LogP contribution is -2.20. The highest BCUT2D eigenvalue weighted by molar-refractivity contribution is 6.12. The zero-order valence-electron chi connectivity index (χ0n) is 23.1. The van der Waals surface area contributed by atoms with Gasteiger partial charge in [0, 0.05) is 40.5 Å². The van der Waals surface area contributed by atoms with E-state index in [9.17, 15) is 0 Å². The van der Waals surface area contributed by atoms with E-state index in [1.165, 1.54) is 6.21 Å². The van der Waals surface area contributed by atoms with Gasteiger partial charge in [-0.3, -0.25) is 0 Å². The van der Waals surface area contributed by atoms with Crippen molar-refractivity contribution in [1.82, 2.24) is 9.88 Å². The molecule has 0 amide bonds. The quantitative estimate of drug-likeness (QED) is 0.174. The van der Waals surface area contributed by atoms with Gasteiger partial charge in [-0.05, 0) is 71.5 Å². The van der Waals surface area contributed by atoms with Crippen molar-refractivity contribution >= 4 is 51.4 Å². The second kappa shape index (κ2) is 12.6. The van der Waals surface area contributed by atoms with Gasteiger partial charge in [-0.25, -0.2) is 0 Å². The number of nitrogens with one attached hydrogen (secondary N) is 2. The third kappa shape index (κ3) is 5.25. The first-order chi connectivity index (χ1) is 19.5. The summed E-state index contributed by atoms with van der Waals surface area (Å²) in [7, 11) is 0. The Bertz CT molecular complexity index is 1710. The predicted molar refractivity (Wildman–Crippen MR) is 177 cm³/mol. The molecule has 4 nitrogen and oxygen atoms in total. The van der Waals surface area contributed by atoms with E-state index in [1.807, 2.05) is 25.2 Å². The van der Waals surface area contributed by atoms with Gasteiger partial charge in [-0.2, -0.15) is 0 Å². The molecule has 200 valence electrons. The van der Waals surface area contributed by atoms with E-state index in [1.54, 1.807) is 18.4 Å². The molecule has 0 radical (unpaired) electrons. The number of rotatable bonds is 11. The van der Waals surface area contributed by atoms with E-state index in [-0.39, 0.29) is 0 Å². The summed E-state index contributed by atoms with van der Waals surface area (Å²) in [6, 6.07) is 10.9. The Balaban J connectivity index is 1.89. The fourth-order valence-corrected chi connectivity index (χ4v) is 5.10. The van der Waals surface area contributed by atoms with Crippen molar-refractivity contribution in [2.24, 2.45) is 5.73 Å². The Morgan fingerprint density at radius 3 is 2.48 bits per heavy atom. The van der Waals surface area contributed by atoms with Crippen molar-refractivity contribution in [1.29, 1.82) is 5.41 Å². The molecule has 1 aliphatic heterocycles. The maximum absolute atomic E-state index is 7.69. The lowest BCUT2D eigenvalue weighted by atomic mass is 9.98. The number of allylic oxidation sites excluding steroid dienone is 10. The number of dihydropyridines is 1. The molecule has 0 atom stereocenters. The summed E-state index contributed by atoms with van der Waals surface area (Å²) in [6.07, 6.45) is 23.2. The molecular weight excluding hydrogens is 488 g/mol. The molecule has 0 spiro atoms. The number of hydrogen-bond donors (Lipinski definition) is 3. The summed E-state index contributed by atoms with van der Waals surface area (Å²) in [4.78, 5) is 0. The summed E-state index contributed by atoms with van der Waals surface area (Å²) in [6.45, 7) is 18.5. The van der Waals surface area contributed by atoms with Crippen molar-refractivity contribution in [2.45, 2.75) is 13.3 Å². The molecule has 3 aromatic rings. The number of fused-ring (bicyclic) bond motifs is 3. The molecule has 2 aromatic carbocycles. The van der Waals surface area contributed by atoms with Gasteiger partial charge >= 0.3 is 0 Å². The monoisotopic (exact) mass is 524 g/mol. The van der Waals surface area contributed by atoms with Crippen LogP contribution in [0.25, 0.3) is 45.2 Å². The summed E-state index contributed by atoms with van der Waals surface area (Å²) in [5.41, 5.74) is 15.0. The molecule has 0 fully saturated rings. The smallest absolute Gasteiger partial charge is 0.0619 e. The van der Waals surface area contributed by atoms with Gasteiger partial charge in [0.2, 0.25) is 0 Å². The Morgan fingerprint density at radius 1 is 1.07 bits per heavy atom. The SMILES string of the molecule is C=C/C=C(\C=N)C1=CC=C(c2ccc3c(ccc4c(/C=C\C/C(C=C)=C/N)c(C=C)n(/C(C=C)=C/C)c43)c2)NC1. The summed E-state index contributed by atoms with van der Waals surface area (Å²) >= 11 is 0. The van der Waals surface area contributed by atoms with Crippen molar-refractivity contribution in [3.05, 3.63) is 145 Å². The summed E-state index contributed by atoms with van der Waals surface area (Å²) < 4.78 is 2.24. The van der Waals surface area contributed by atoms with Crippen LogP contribution < -0.4 is 11.1 Å². The highest BCUT2D eigenvalue weighted by Crippen LogP contribution is 2.37. The number of aromatic nitrogens is 1. The van der Waals surface area contributed by atoms with Gasteiger partial charge in [-0.15, -0.1) is 0 Å². The van der Waals surface area contributed by atoms with E-state index >= 15 is 0 Å². The lowest BCUT2D eigenvalue weighted by Gasteiger charge is -2.19. The van der Waals surface area contributed by atoms with Crippen molar-refractivity contribution in [3.63, 3.8) is 0 Å². The lowest BCUT2D eigenvalue weighted by molar-refractivity contribution is 0.957. The van der Waals surface area contributed by atoms with Crippen LogP contribution in [0.2, 0.25) is 0 Å². The van der Waals surface area contributed by atoms with Gasteiger partial charge in [0.1, 0.15) is 0 Å². The molecule has 0 saturated carbocycles. The van der Waals surface area contributed by atoms with E-state index in [2.05, 4.69) is 96.9 Å². The van der Waals surface area contributed by atoms with Crippen LogP contribution in [-0.4, -0.2) is 17.3 Å². The van der Waals surface area contributed by atoms with Gasteiger partial charge in [0.15, 0.2) is 0 Å². The molecule has 0 aliphatic carbocycles. The molecule has 0 unspecified atom stereocenters. The van der Waals surface area contributed by atoms with E-state index in [0.29, 0.717) is 13.0 Å². The molecule has 1 aliphatic rings. The first kappa shape index (κ1) is 27.9. The third-order valence-corrected chi connectivity index (χ3v) is 7.15. The molecular formula is C36H36N4. The van der Waals surface area contributed by atoms with E-state index < -0.39 is 0 Å². The van der Waals surface area contributed by atoms with Crippen LogP contribution in [0.1, 0.15) is 30.2 Å². The number of nitrogens with two attached hydrogens (primary N) is 1. The van der Waals surface area contributed by atoms with Crippen molar-refractivity contribution < 1.29 is 0 Å². The molecule has 40 heavy (non-hydrogen) atoms. The minimum Gasteiger partial charge on any atom is -0.404 e. The fourth-order valence-electron chi connectivity index (χ4n) is 5.10. The van der Waals surface area contributed by atoms with Gasteiger partial charge in [0.05, 0.1) is 11.2 Å². The number of benzene rings is 2. The Hall–Kier alpha value is -5.09. The van der Waals surface area contributed by atoms with E-state index in [4.69, 9.17) is 11.1 Å². The molecule has 0 saturated heterocycles. The van der Waals surface area contributed by atoms with Crippen LogP contribution in [0, 0.1) is 5.41 Å². The second-order valence-corrected chi connectivity index (χ2v) is 9.33. The number of nitrogens with zero attached hydrogens (tertiary/aromatic N) is 1. The molecule has 4 rings (SSSR count). The molecule has 2 heterocycles. The van der Waals surface area contributed by atoms with Crippen molar-refractivity contribution in [3.8, 4) is 0 Å². The zero-order valence-corrected chi connectivity index (χ0v) is 23.1. The van der Waals surface area contributed by atoms with Crippen LogP contribution in [0.3, 0.4) is 0 Å². The normalized spacial score (nSPS) is 14.6. The average Bonchev–Trinajstić information content (AvgIpc) is 3.32. The van der Waals surface area contributed by atoms with Crippen LogP contribution in [0.5, 0.6) is 0 Å². The van der Waals surface area contributed by atoms with E-state index in [0.717, 1.165) is 66.6 Å². The van der Waals surface area contributed by atoms with Gasteiger partial charge in [0.25, 0.3) is 0 Å². The topological polar surface area (TPSA) is 66.8 Å². The second-order valence-electron chi connectivity index (χ2n) is 9.33. The first-order valence-corrected chi connectivity index (χ1v) is 13.3. The standard InChI is InChI=1S/C36H36N4/c1-6-12-28(23-38)29-17-20-34(39-24-29)27-16-18-31-26(21-27)15-19-33-32(14-11-13-25(7-2)22-37)35(10-5)40(36(31)33)30(8-3)9-4/h6-12,14-23,38-39H,1-3,5,13,24,37H2,4H3/b14-11-,25-22+,28-12+,30-9+,38-23?. The zero-order chi connectivity index (χ0) is 28.6. The average molecular weight is 525 g/mol. The van der Waals surface area contributed by atoms with Gasteiger partial charge in [-0.1, -0.05) is 93.1 Å². The van der Waals surface area contributed by atoms with Crippen LogP contribution in [0.4, 0.5) is 0 Å². The minimum absolute atomic E-state index is 0.649. The third-order valence-electron chi connectivity index (χ3n) is 7.15. The maximum Gasteiger partial charge on any atom is 0.0619 e. The maximum atomic E-state index is 7.69. The van der Waals surface area contributed by atoms with Crippen molar-refractivity contribution in [2.75, 3.05) is 6.54 Å². The molecule has 4 N–H and O–H groups in total. The predicted octanol–water partition coefficient (Wildman–Crippen LogP) is 8.55. The highest BCUT2D eigenvalue weighted by Gasteiger charge is 2.18.